The lowest BCUT2D eigenvalue weighted by atomic mass is 10.1. The summed E-state index contributed by atoms with van der Waals surface area (Å²) >= 11 is 1.28. The number of halogens is 1. The summed E-state index contributed by atoms with van der Waals surface area (Å²) in [5.41, 5.74) is 1.51. The number of anilines is 1. The quantitative estimate of drug-likeness (QED) is 0.663. The minimum absolute atomic E-state index is 0.0257. The van der Waals surface area contributed by atoms with Gasteiger partial charge in [0.15, 0.2) is 34.8 Å². The molecule has 0 aliphatic rings. The molecule has 0 unspecified atom stereocenters. The molecule has 0 fully saturated rings. The number of methoxy groups -OCH3 is 2. The number of hydrogen-bond donors (Lipinski definition) is 1. The zero-order valence-electron chi connectivity index (χ0n) is 14.7. The van der Waals surface area contributed by atoms with Crippen LogP contribution in [0.1, 0.15) is 0 Å². The highest BCUT2D eigenvalue weighted by atomic mass is 32.1. The zero-order valence-corrected chi connectivity index (χ0v) is 15.5. The molecule has 3 rings (SSSR count). The minimum atomic E-state index is -0.518. The van der Waals surface area contributed by atoms with E-state index < -0.39 is 11.7 Å². The fraction of sp³-hybridized carbons (Fsp3) is 0.158. The fourth-order valence-corrected chi connectivity index (χ4v) is 3.06. The maximum Gasteiger partial charge on any atom is 0.264 e. The summed E-state index contributed by atoms with van der Waals surface area (Å²) in [6.07, 6.45) is 0. The van der Waals surface area contributed by atoms with Crippen LogP contribution in [0, 0.1) is 5.82 Å². The molecule has 0 atom stereocenters. The molecule has 1 heterocycles. The van der Waals surface area contributed by atoms with Crippen LogP contribution in [0.4, 0.5) is 9.52 Å². The molecule has 8 heteroatoms. The van der Waals surface area contributed by atoms with Crippen LogP contribution in [0.25, 0.3) is 11.3 Å². The Morgan fingerprint density at radius 1 is 1.11 bits per heavy atom. The Labute approximate surface area is 159 Å². The van der Waals surface area contributed by atoms with Crippen molar-refractivity contribution in [2.45, 2.75) is 0 Å². The van der Waals surface area contributed by atoms with E-state index in [2.05, 4.69) is 10.3 Å². The van der Waals surface area contributed by atoms with E-state index >= 15 is 0 Å². The average Bonchev–Trinajstić information content (AvgIpc) is 3.15. The van der Waals surface area contributed by atoms with E-state index in [1.165, 1.54) is 23.5 Å². The summed E-state index contributed by atoms with van der Waals surface area (Å²) < 4.78 is 29.2. The Bertz CT molecular complexity index is 945. The summed E-state index contributed by atoms with van der Waals surface area (Å²) in [5.74, 6) is 0.293. The fourth-order valence-electron chi connectivity index (χ4n) is 2.32. The molecule has 0 aliphatic heterocycles. The van der Waals surface area contributed by atoms with Gasteiger partial charge in [-0.1, -0.05) is 12.1 Å². The Hall–Kier alpha value is -3.13. The van der Waals surface area contributed by atoms with Crippen molar-refractivity contribution in [2.75, 3.05) is 26.1 Å². The van der Waals surface area contributed by atoms with Gasteiger partial charge in [-0.15, -0.1) is 11.3 Å². The number of aromatic nitrogens is 1. The van der Waals surface area contributed by atoms with Crippen molar-refractivity contribution < 1.29 is 23.4 Å². The second-order valence-corrected chi connectivity index (χ2v) is 6.23. The number of benzene rings is 2. The van der Waals surface area contributed by atoms with E-state index in [9.17, 15) is 9.18 Å². The summed E-state index contributed by atoms with van der Waals surface area (Å²) in [6, 6.07) is 11.4. The normalized spacial score (nSPS) is 10.3. The molecule has 1 N–H and O–H groups in total. The van der Waals surface area contributed by atoms with Gasteiger partial charge in [0, 0.05) is 10.9 Å². The Kier molecular flexibility index (Phi) is 5.87. The van der Waals surface area contributed by atoms with Gasteiger partial charge in [-0.2, -0.15) is 0 Å². The molecule has 1 amide bonds. The summed E-state index contributed by atoms with van der Waals surface area (Å²) in [6.45, 7) is -0.313. The Balaban J connectivity index is 1.64. The highest BCUT2D eigenvalue weighted by Crippen LogP contribution is 2.33. The third kappa shape index (κ3) is 4.53. The van der Waals surface area contributed by atoms with Crippen LogP contribution in [-0.2, 0) is 4.79 Å². The van der Waals surface area contributed by atoms with Gasteiger partial charge in [-0.25, -0.2) is 9.37 Å². The van der Waals surface area contributed by atoms with Crippen molar-refractivity contribution in [1.29, 1.82) is 0 Å². The molecule has 2 aromatic carbocycles. The highest BCUT2D eigenvalue weighted by molar-refractivity contribution is 7.14. The van der Waals surface area contributed by atoms with Gasteiger partial charge in [0.25, 0.3) is 5.91 Å². The number of carbonyl (C=O) groups excluding carboxylic acids is 1. The summed E-state index contributed by atoms with van der Waals surface area (Å²) in [4.78, 5) is 16.4. The van der Waals surface area contributed by atoms with Gasteiger partial charge in [0.1, 0.15) is 0 Å². The van der Waals surface area contributed by atoms with Crippen LogP contribution < -0.4 is 19.5 Å². The first-order valence-electron chi connectivity index (χ1n) is 7.96. The van der Waals surface area contributed by atoms with E-state index in [-0.39, 0.29) is 12.4 Å². The molecular formula is C19H17FN2O4S. The zero-order chi connectivity index (χ0) is 19.2. The molecule has 3 aromatic rings. The molecule has 6 nitrogen and oxygen atoms in total. The lowest BCUT2D eigenvalue weighted by Crippen LogP contribution is -2.20. The van der Waals surface area contributed by atoms with Crippen molar-refractivity contribution in [3.63, 3.8) is 0 Å². The smallest absolute Gasteiger partial charge is 0.264 e. The van der Waals surface area contributed by atoms with Gasteiger partial charge in [-0.05, 0) is 30.3 Å². The summed E-state index contributed by atoms with van der Waals surface area (Å²) in [7, 11) is 3.13. The van der Waals surface area contributed by atoms with Crippen LogP contribution in [0.2, 0.25) is 0 Å². The van der Waals surface area contributed by atoms with Gasteiger partial charge >= 0.3 is 0 Å². The number of nitrogens with one attached hydrogen (secondary N) is 1. The number of hydrogen-bond acceptors (Lipinski definition) is 6. The van der Waals surface area contributed by atoms with Crippen molar-refractivity contribution in [1.82, 2.24) is 4.98 Å². The largest absolute Gasteiger partial charge is 0.493 e. The van der Waals surface area contributed by atoms with Crippen LogP contribution in [-0.4, -0.2) is 31.7 Å². The molecule has 27 heavy (non-hydrogen) atoms. The monoisotopic (exact) mass is 388 g/mol. The van der Waals surface area contributed by atoms with Gasteiger partial charge < -0.3 is 14.2 Å². The van der Waals surface area contributed by atoms with Crippen LogP contribution in [0.3, 0.4) is 0 Å². The molecule has 140 valence electrons. The lowest BCUT2D eigenvalue weighted by molar-refractivity contribution is -0.118. The van der Waals surface area contributed by atoms with Crippen LogP contribution in [0.5, 0.6) is 17.2 Å². The molecular weight excluding hydrogens is 371 g/mol. The Morgan fingerprint density at radius 3 is 2.63 bits per heavy atom. The SMILES string of the molecule is COc1ccc(-c2csc(NC(=O)COc3ccccc3F)n2)cc1OC. The van der Waals surface area contributed by atoms with Gasteiger partial charge in [-0.3, -0.25) is 10.1 Å². The number of thiazole rings is 1. The topological polar surface area (TPSA) is 69.7 Å². The summed E-state index contributed by atoms with van der Waals surface area (Å²) in [5, 5.41) is 4.87. The molecule has 0 saturated heterocycles. The third-order valence-electron chi connectivity index (χ3n) is 3.63. The molecule has 0 spiro atoms. The number of carbonyl (C=O) groups is 1. The first-order chi connectivity index (χ1) is 13.1. The highest BCUT2D eigenvalue weighted by Gasteiger charge is 2.12. The predicted molar refractivity (Wildman–Crippen MR) is 101 cm³/mol. The van der Waals surface area contributed by atoms with Crippen LogP contribution in [0.15, 0.2) is 47.8 Å². The van der Waals surface area contributed by atoms with Gasteiger partial charge in [0.2, 0.25) is 0 Å². The molecule has 0 radical (unpaired) electrons. The molecule has 1 aromatic heterocycles. The van der Waals surface area contributed by atoms with Crippen molar-refractivity contribution in [3.8, 4) is 28.5 Å². The minimum Gasteiger partial charge on any atom is -0.493 e. The number of ether oxygens (including phenoxy) is 3. The number of amides is 1. The van der Waals surface area contributed by atoms with E-state index in [4.69, 9.17) is 14.2 Å². The molecule has 0 bridgehead atoms. The Morgan fingerprint density at radius 2 is 1.89 bits per heavy atom. The van der Waals surface area contributed by atoms with E-state index in [0.29, 0.717) is 22.3 Å². The van der Waals surface area contributed by atoms with Crippen molar-refractivity contribution in [3.05, 3.63) is 53.7 Å². The number of nitrogens with zero attached hydrogens (tertiary/aromatic N) is 1. The second-order valence-electron chi connectivity index (χ2n) is 5.37. The predicted octanol–water partition coefficient (Wildman–Crippen LogP) is 3.98. The first kappa shape index (κ1) is 18.7. The molecule has 0 saturated carbocycles. The number of para-hydroxylation sites is 1. The third-order valence-corrected chi connectivity index (χ3v) is 4.38. The van der Waals surface area contributed by atoms with Crippen LogP contribution >= 0.6 is 11.3 Å². The maximum absolute atomic E-state index is 13.5. The standard InChI is InChI=1S/C19H17FN2O4S/c1-24-16-8-7-12(9-17(16)25-2)14-11-27-19(21-14)22-18(23)10-26-15-6-4-3-5-13(15)20/h3-9,11H,10H2,1-2H3,(H,21,22,23). The maximum atomic E-state index is 13.5. The van der Waals surface area contributed by atoms with Crippen molar-refractivity contribution in [2.24, 2.45) is 0 Å². The van der Waals surface area contributed by atoms with E-state index in [1.807, 2.05) is 11.4 Å². The second kappa shape index (κ2) is 8.50. The van der Waals surface area contributed by atoms with E-state index in [1.54, 1.807) is 38.5 Å². The number of rotatable bonds is 7. The van der Waals surface area contributed by atoms with Gasteiger partial charge in [0.05, 0.1) is 19.9 Å². The average molecular weight is 388 g/mol. The lowest BCUT2D eigenvalue weighted by Gasteiger charge is -2.08. The molecule has 0 aliphatic carbocycles. The first-order valence-corrected chi connectivity index (χ1v) is 8.83. The van der Waals surface area contributed by atoms with E-state index in [0.717, 1.165) is 5.56 Å². The van der Waals surface area contributed by atoms with Crippen molar-refractivity contribution >= 4 is 22.4 Å².